The summed E-state index contributed by atoms with van der Waals surface area (Å²) in [6, 6.07) is 25.2. The van der Waals surface area contributed by atoms with Crippen molar-refractivity contribution in [1.82, 2.24) is 5.32 Å². The van der Waals surface area contributed by atoms with Crippen LogP contribution in [0.5, 0.6) is 0 Å². The standard InChI is InChI=1S/C23H25NOS/c1-18(21-14-13-20-11-5-6-12-22(20)16-21)24-23(25)17-26-15-7-10-19-8-3-2-4-9-19/h2-6,8-9,11-14,16,18H,7,10,15,17H2,1H3,(H,24,25)/t18-/m0/s1. The second-order valence-corrected chi connectivity index (χ2v) is 7.64. The molecule has 26 heavy (non-hydrogen) atoms. The van der Waals surface area contributed by atoms with Crippen LogP contribution in [-0.2, 0) is 11.2 Å². The Morgan fingerprint density at radius 2 is 1.69 bits per heavy atom. The molecular formula is C23H25NOS. The summed E-state index contributed by atoms with van der Waals surface area (Å²) in [7, 11) is 0. The van der Waals surface area contributed by atoms with Crippen LogP contribution in [0.2, 0.25) is 0 Å². The first kappa shape index (κ1) is 18.5. The van der Waals surface area contributed by atoms with Gasteiger partial charge in [-0.3, -0.25) is 4.79 Å². The fraction of sp³-hybridized carbons (Fsp3) is 0.261. The molecule has 3 heteroatoms. The highest BCUT2D eigenvalue weighted by Crippen LogP contribution is 2.20. The first-order valence-corrected chi connectivity index (χ1v) is 10.3. The molecule has 0 fully saturated rings. The van der Waals surface area contributed by atoms with E-state index in [9.17, 15) is 4.79 Å². The fourth-order valence-corrected chi connectivity index (χ4v) is 3.79. The van der Waals surface area contributed by atoms with Gasteiger partial charge >= 0.3 is 0 Å². The Bertz CT molecular complexity index is 847. The second kappa shape index (κ2) is 9.44. The molecule has 0 spiro atoms. The minimum absolute atomic E-state index is 0.0250. The van der Waals surface area contributed by atoms with E-state index in [1.54, 1.807) is 11.8 Å². The SMILES string of the molecule is C[C@H](NC(=O)CSCCCc1ccccc1)c1ccc2ccccc2c1. The fourth-order valence-electron chi connectivity index (χ4n) is 3.03. The molecule has 0 radical (unpaired) electrons. The van der Waals surface area contributed by atoms with Crippen molar-refractivity contribution >= 4 is 28.4 Å². The lowest BCUT2D eigenvalue weighted by atomic mass is 10.0. The zero-order valence-corrected chi connectivity index (χ0v) is 16.0. The van der Waals surface area contributed by atoms with Gasteiger partial charge in [-0.25, -0.2) is 0 Å². The summed E-state index contributed by atoms with van der Waals surface area (Å²) < 4.78 is 0. The molecule has 1 amide bonds. The van der Waals surface area contributed by atoms with E-state index in [-0.39, 0.29) is 11.9 Å². The summed E-state index contributed by atoms with van der Waals surface area (Å²) >= 11 is 1.71. The van der Waals surface area contributed by atoms with Crippen molar-refractivity contribution in [3.63, 3.8) is 0 Å². The van der Waals surface area contributed by atoms with Gasteiger partial charge in [0.1, 0.15) is 0 Å². The summed E-state index contributed by atoms with van der Waals surface area (Å²) in [6.07, 6.45) is 2.17. The van der Waals surface area contributed by atoms with Crippen LogP contribution in [0, 0.1) is 0 Å². The Balaban J connectivity index is 1.40. The average molecular weight is 364 g/mol. The number of carbonyl (C=O) groups excluding carboxylic acids is 1. The number of rotatable bonds is 8. The molecule has 2 nitrogen and oxygen atoms in total. The lowest BCUT2D eigenvalue weighted by Gasteiger charge is -2.15. The van der Waals surface area contributed by atoms with Gasteiger partial charge in [0.25, 0.3) is 0 Å². The molecule has 0 aliphatic carbocycles. The number of benzene rings is 3. The van der Waals surface area contributed by atoms with Crippen molar-refractivity contribution in [3.8, 4) is 0 Å². The molecule has 134 valence electrons. The first-order chi connectivity index (χ1) is 12.7. The molecule has 3 aromatic rings. The summed E-state index contributed by atoms with van der Waals surface area (Å²) in [6.45, 7) is 2.04. The van der Waals surface area contributed by atoms with Crippen LogP contribution in [0.25, 0.3) is 10.8 Å². The highest BCUT2D eigenvalue weighted by atomic mass is 32.2. The molecule has 0 bridgehead atoms. The number of hydrogen-bond donors (Lipinski definition) is 1. The normalized spacial score (nSPS) is 12.0. The Morgan fingerprint density at radius 1 is 0.962 bits per heavy atom. The zero-order chi connectivity index (χ0) is 18.2. The Morgan fingerprint density at radius 3 is 2.50 bits per heavy atom. The summed E-state index contributed by atoms with van der Waals surface area (Å²) in [5.74, 6) is 1.63. The molecule has 0 saturated carbocycles. The molecule has 0 unspecified atom stereocenters. The Labute approximate surface area is 160 Å². The molecule has 1 N–H and O–H groups in total. The van der Waals surface area contributed by atoms with Crippen LogP contribution in [0.1, 0.15) is 30.5 Å². The largest absolute Gasteiger partial charge is 0.349 e. The number of fused-ring (bicyclic) bond motifs is 1. The van der Waals surface area contributed by atoms with E-state index in [1.165, 1.54) is 16.3 Å². The van der Waals surface area contributed by atoms with E-state index in [2.05, 4.69) is 59.9 Å². The van der Waals surface area contributed by atoms with Crippen LogP contribution in [0.3, 0.4) is 0 Å². The van der Waals surface area contributed by atoms with Crippen molar-refractivity contribution in [2.24, 2.45) is 0 Å². The smallest absolute Gasteiger partial charge is 0.230 e. The first-order valence-electron chi connectivity index (χ1n) is 9.12. The monoisotopic (exact) mass is 363 g/mol. The lowest BCUT2D eigenvalue weighted by molar-refractivity contribution is -0.119. The maximum absolute atomic E-state index is 12.2. The van der Waals surface area contributed by atoms with Gasteiger partial charge in [-0.1, -0.05) is 66.7 Å². The zero-order valence-electron chi connectivity index (χ0n) is 15.2. The van der Waals surface area contributed by atoms with Crippen molar-refractivity contribution in [3.05, 3.63) is 83.9 Å². The van der Waals surface area contributed by atoms with Crippen molar-refractivity contribution < 1.29 is 4.79 Å². The third kappa shape index (κ3) is 5.37. The lowest BCUT2D eigenvalue weighted by Crippen LogP contribution is -2.28. The van der Waals surface area contributed by atoms with Crippen LogP contribution < -0.4 is 5.32 Å². The molecule has 0 saturated heterocycles. The van der Waals surface area contributed by atoms with Gasteiger partial charge in [-0.15, -0.1) is 0 Å². The maximum Gasteiger partial charge on any atom is 0.230 e. The molecule has 0 aliphatic heterocycles. The quantitative estimate of drug-likeness (QED) is 0.544. The highest BCUT2D eigenvalue weighted by Gasteiger charge is 2.10. The van der Waals surface area contributed by atoms with Crippen molar-refractivity contribution in [1.29, 1.82) is 0 Å². The minimum atomic E-state index is 0.0250. The van der Waals surface area contributed by atoms with Crippen LogP contribution in [0.15, 0.2) is 72.8 Å². The number of amides is 1. The van der Waals surface area contributed by atoms with Crippen LogP contribution in [-0.4, -0.2) is 17.4 Å². The third-order valence-electron chi connectivity index (χ3n) is 4.48. The van der Waals surface area contributed by atoms with Gasteiger partial charge in [0.05, 0.1) is 11.8 Å². The van der Waals surface area contributed by atoms with Crippen LogP contribution >= 0.6 is 11.8 Å². The number of nitrogens with one attached hydrogen (secondary N) is 1. The van der Waals surface area contributed by atoms with E-state index in [4.69, 9.17) is 0 Å². The summed E-state index contributed by atoms with van der Waals surface area (Å²) in [5, 5.41) is 5.55. The van der Waals surface area contributed by atoms with E-state index in [1.807, 2.05) is 25.1 Å². The van der Waals surface area contributed by atoms with Gasteiger partial charge in [0, 0.05) is 0 Å². The Kier molecular flexibility index (Phi) is 6.73. The molecule has 0 heterocycles. The third-order valence-corrected chi connectivity index (χ3v) is 5.52. The van der Waals surface area contributed by atoms with Gasteiger partial charge in [-0.05, 0) is 53.5 Å². The topological polar surface area (TPSA) is 29.1 Å². The number of hydrogen-bond acceptors (Lipinski definition) is 2. The van der Waals surface area contributed by atoms with E-state index >= 15 is 0 Å². The predicted molar refractivity (Wildman–Crippen MR) is 113 cm³/mol. The average Bonchev–Trinajstić information content (AvgIpc) is 2.68. The van der Waals surface area contributed by atoms with Gasteiger partial charge in [0.2, 0.25) is 5.91 Å². The minimum Gasteiger partial charge on any atom is -0.349 e. The van der Waals surface area contributed by atoms with Gasteiger partial charge < -0.3 is 5.32 Å². The second-order valence-electron chi connectivity index (χ2n) is 6.54. The van der Waals surface area contributed by atoms with Gasteiger partial charge in [-0.2, -0.15) is 11.8 Å². The number of aryl methyl sites for hydroxylation is 1. The molecular weight excluding hydrogens is 338 g/mol. The molecule has 0 aliphatic rings. The van der Waals surface area contributed by atoms with Crippen molar-refractivity contribution in [2.45, 2.75) is 25.8 Å². The molecule has 3 aromatic carbocycles. The Hall–Kier alpha value is -2.26. The van der Waals surface area contributed by atoms with E-state index in [0.717, 1.165) is 24.2 Å². The number of thioether (sulfide) groups is 1. The predicted octanol–water partition coefficient (Wildman–Crippen LogP) is 5.38. The van der Waals surface area contributed by atoms with Crippen molar-refractivity contribution in [2.75, 3.05) is 11.5 Å². The molecule has 0 aromatic heterocycles. The van der Waals surface area contributed by atoms with E-state index in [0.29, 0.717) is 5.75 Å². The number of carbonyl (C=O) groups is 1. The molecule has 1 atom stereocenters. The van der Waals surface area contributed by atoms with Gasteiger partial charge in [0.15, 0.2) is 0 Å². The van der Waals surface area contributed by atoms with E-state index < -0.39 is 0 Å². The molecule has 3 rings (SSSR count). The summed E-state index contributed by atoms with van der Waals surface area (Å²) in [5.41, 5.74) is 2.51. The highest BCUT2D eigenvalue weighted by molar-refractivity contribution is 7.99. The summed E-state index contributed by atoms with van der Waals surface area (Å²) in [4.78, 5) is 12.2. The maximum atomic E-state index is 12.2. The van der Waals surface area contributed by atoms with Crippen LogP contribution in [0.4, 0.5) is 0 Å².